The first kappa shape index (κ1) is 16.0. The molecule has 1 aromatic heterocycles. The van der Waals surface area contributed by atoms with Gasteiger partial charge in [0.1, 0.15) is 0 Å². The summed E-state index contributed by atoms with van der Waals surface area (Å²) in [4.78, 5) is 12.0. The Kier molecular flexibility index (Phi) is 5.04. The van der Waals surface area contributed by atoms with E-state index < -0.39 is 0 Å². The first-order valence-electron chi connectivity index (χ1n) is 7.72. The first-order valence-corrected chi connectivity index (χ1v) is 7.72. The maximum Gasteiger partial charge on any atom is 0.220 e. The summed E-state index contributed by atoms with van der Waals surface area (Å²) in [6, 6.07) is 0. The molecule has 1 saturated heterocycles. The summed E-state index contributed by atoms with van der Waals surface area (Å²) in [6.07, 6.45) is 6.28. The van der Waals surface area contributed by atoms with Gasteiger partial charge in [0.15, 0.2) is 0 Å². The van der Waals surface area contributed by atoms with Gasteiger partial charge in [0, 0.05) is 38.7 Å². The van der Waals surface area contributed by atoms with Gasteiger partial charge in [0.2, 0.25) is 5.91 Å². The van der Waals surface area contributed by atoms with Crippen molar-refractivity contribution in [3.63, 3.8) is 0 Å². The van der Waals surface area contributed by atoms with Gasteiger partial charge in [-0.3, -0.25) is 9.48 Å². The van der Waals surface area contributed by atoms with Crippen LogP contribution in [0, 0.1) is 11.3 Å². The smallest absolute Gasteiger partial charge is 0.220 e. The molecule has 118 valence electrons. The van der Waals surface area contributed by atoms with E-state index >= 15 is 0 Å². The Morgan fingerprint density at radius 2 is 2.29 bits per heavy atom. The molecule has 0 saturated carbocycles. The van der Waals surface area contributed by atoms with E-state index in [1.807, 2.05) is 19.4 Å². The number of nitrogens with zero attached hydrogens (tertiary/aromatic N) is 2. The van der Waals surface area contributed by atoms with Gasteiger partial charge in [-0.05, 0) is 23.8 Å². The lowest BCUT2D eigenvalue weighted by Crippen LogP contribution is -2.38. The van der Waals surface area contributed by atoms with Gasteiger partial charge in [0.05, 0.1) is 12.3 Å². The number of carbonyl (C=O) groups excluding carboxylic acids is 1. The molecule has 1 aliphatic heterocycles. The van der Waals surface area contributed by atoms with Crippen molar-refractivity contribution in [2.24, 2.45) is 18.4 Å². The lowest BCUT2D eigenvalue weighted by molar-refractivity contribution is -0.121. The largest absolute Gasteiger partial charge is 0.377 e. The average Bonchev–Trinajstić information content (AvgIpc) is 3.01. The Bertz CT molecular complexity index is 476. The zero-order chi connectivity index (χ0) is 15.5. The molecular formula is C16H27N3O2. The molecule has 2 heterocycles. The molecule has 0 radical (unpaired) electrons. The van der Waals surface area contributed by atoms with Crippen molar-refractivity contribution in [3.05, 3.63) is 18.0 Å². The van der Waals surface area contributed by atoms with E-state index in [4.69, 9.17) is 4.74 Å². The lowest BCUT2D eigenvalue weighted by atomic mass is 9.81. The van der Waals surface area contributed by atoms with E-state index in [1.165, 1.54) is 0 Å². The number of ether oxygens (including phenoxy) is 1. The maximum absolute atomic E-state index is 12.0. The summed E-state index contributed by atoms with van der Waals surface area (Å²) in [5.74, 6) is 0.533. The standard InChI is InChI=1S/C16H27N3O2/c1-16(2,3)15-13(7-8-21-15)10-17-14(20)6-5-12-9-18-19(4)11-12/h9,11,13,15H,5-8,10H2,1-4H3,(H,17,20)/t13-,15+/m1/s1. The SMILES string of the molecule is Cn1cc(CCC(=O)NC[C@H]2CCO[C@@H]2C(C)(C)C)cn1. The third kappa shape index (κ3) is 4.56. The molecule has 0 aliphatic carbocycles. The molecule has 2 rings (SSSR count). The van der Waals surface area contributed by atoms with Crippen LogP contribution in [-0.4, -0.2) is 34.9 Å². The van der Waals surface area contributed by atoms with E-state index in [0.717, 1.165) is 25.0 Å². The molecule has 0 bridgehead atoms. The summed E-state index contributed by atoms with van der Waals surface area (Å²) in [7, 11) is 1.89. The second-order valence-corrected chi connectivity index (χ2v) is 7.03. The van der Waals surface area contributed by atoms with Crippen LogP contribution in [0.4, 0.5) is 0 Å². The lowest BCUT2D eigenvalue weighted by Gasteiger charge is -2.31. The van der Waals surface area contributed by atoms with Gasteiger partial charge in [-0.1, -0.05) is 20.8 Å². The van der Waals surface area contributed by atoms with Crippen molar-refractivity contribution >= 4 is 5.91 Å². The van der Waals surface area contributed by atoms with E-state index in [9.17, 15) is 4.79 Å². The Morgan fingerprint density at radius 3 is 2.90 bits per heavy atom. The molecule has 0 spiro atoms. The number of amides is 1. The third-order valence-corrected chi connectivity index (χ3v) is 4.03. The summed E-state index contributed by atoms with van der Waals surface area (Å²) in [5.41, 5.74) is 1.23. The molecule has 1 N–H and O–H groups in total. The van der Waals surface area contributed by atoms with Crippen molar-refractivity contribution in [2.75, 3.05) is 13.2 Å². The highest BCUT2D eigenvalue weighted by Crippen LogP contribution is 2.34. The van der Waals surface area contributed by atoms with E-state index in [2.05, 4.69) is 31.2 Å². The number of hydrogen-bond acceptors (Lipinski definition) is 3. The second kappa shape index (κ2) is 6.60. The minimum Gasteiger partial charge on any atom is -0.377 e. The summed E-state index contributed by atoms with van der Waals surface area (Å²) in [5, 5.41) is 7.17. The highest BCUT2D eigenvalue weighted by molar-refractivity contribution is 5.76. The van der Waals surface area contributed by atoms with E-state index in [0.29, 0.717) is 18.9 Å². The highest BCUT2D eigenvalue weighted by Gasteiger charge is 2.37. The first-order chi connectivity index (χ1) is 9.86. The van der Waals surface area contributed by atoms with Gasteiger partial charge in [-0.25, -0.2) is 0 Å². The molecule has 1 fully saturated rings. The molecular weight excluding hydrogens is 266 g/mol. The van der Waals surface area contributed by atoms with Gasteiger partial charge in [0.25, 0.3) is 0 Å². The molecule has 5 nitrogen and oxygen atoms in total. The van der Waals surface area contributed by atoms with Crippen molar-refractivity contribution in [3.8, 4) is 0 Å². The maximum atomic E-state index is 12.0. The van der Waals surface area contributed by atoms with Crippen LogP contribution in [0.25, 0.3) is 0 Å². The zero-order valence-corrected chi connectivity index (χ0v) is 13.6. The van der Waals surface area contributed by atoms with Crippen LogP contribution in [0.3, 0.4) is 0 Å². The minimum atomic E-state index is 0.110. The van der Waals surface area contributed by atoms with Gasteiger partial charge < -0.3 is 10.1 Å². The van der Waals surface area contributed by atoms with Crippen LogP contribution in [-0.2, 0) is 23.0 Å². The molecule has 0 aromatic carbocycles. The van der Waals surface area contributed by atoms with Gasteiger partial charge >= 0.3 is 0 Å². The van der Waals surface area contributed by atoms with E-state index in [-0.39, 0.29) is 17.4 Å². The molecule has 1 amide bonds. The Morgan fingerprint density at radius 1 is 1.52 bits per heavy atom. The number of aryl methyl sites for hydroxylation is 2. The van der Waals surface area contributed by atoms with Crippen molar-refractivity contribution < 1.29 is 9.53 Å². The fourth-order valence-electron chi connectivity index (χ4n) is 2.99. The summed E-state index contributed by atoms with van der Waals surface area (Å²) < 4.78 is 7.59. The van der Waals surface area contributed by atoms with Crippen molar-refractivity contribution in [1.82, 2.24) is 15.1 Å². The van der Waals surface area contributed by atoms with Crippen molar-refractivity contribution in [1.29, 1.82) is 0 Å². The Labute approximate surface area is 127 Å². The predicted molar refractivity (Wildman–Crippen MR) is 81.8 cm³/mol. The predicted octanol–water partition coefficient (Wildman–Crippen LogP) is 1.92. The number of carbonyl (C=O) groups is 1. The van der Waals surface area contributed by atoms with E-state index in [1.54, 1.807) is 4.68 Å². The Balaban J connectivity index is 1.73. The summed E-state index contributed by atoms with van der Waals surface area (Å²) in [6.45, 7) is 8.10. The number of rotatable bonds is 5. The Hall–Kier alpha value is -1.36. The van der Waals surface area contributed by atoms with Crippen molar-refractivity contribution in [2.45, 2.75) is 46.1 Å². The molecule has 1 aromatic rings. The van der Waals surface area contributed by atoms with Gasteiger partial charge in [-0.2, -0.15) is 5.10 Å². The normalized spacial score (nSPS) is 22.5. The zero-order valence-electron chi connectivity index (χ0n) is 13.6. The van der Waals surface area contributed by atoms with Crippen LogP contribution in [0.15, 0.2) is 12.4 Å². The molecule has 1 aliphatic rings. The topological polar surface area (TPSA) is 56.2 Å². The van der Waals surface area contributed by atoms with Crippen LogP contribution in [0.1, 0.15) is 39.2 Å². The summed E-state index contributed by atoms with van der Waals surface area (Å²) >= 11 is 0. The fourth-order valence-corrected chi connectivity index (χ4v) is 2.99. The molecule has 0 unspecified atom stereocenters. The highest BCUT2D eigenvalue weighted by atomic mass is 16.5. The van der Waals surface area contributed by atoms with Gasteiger partial charge in [-0.15, -0.1) is 0 Å². The number of aromatic nitrogens is 2. The number of nitrogens with one attached hydrogen (secondary N) is 1. The molecule has 5 heteroatoms. The second-order valence-electron chi connectivity index (χ2n) is 7.03. The van der Waals surface area contributed by atoms with Crippen LogP contribution < -0.4 is 5.32 Å². The number of hydrogen-bond donors (Lipinski definition) is 1. The molecule has 2 atom stereocenters. The third-order valence-electron chi connectivity index (χ3n) is 4.03. The van der Waals surface area contributed by atoms with Crippen LogP contribution >= 0.6 is 0 Å². The van der Waals surface area contributed by atoms with Crippen LogP contribution in [0.2, 0.25) is 0 Å². The average molecular weight is 293 g/mol. The van der Waals surface area contributed by atoms with Crippen LogP contribution in [0.5, 0.6) is 0 Å². The minimum absolute atomic E-state index is 0.110. The fraction of sp³-hybridized carbons (Fsp3) is 0.750. The molecule has 21 heavy (non-hydrogen) atoms. The monoisotopic (exact) mass is 293 g/mol. The quantitative estimate of drug-likeness (QED) is 0.902.